The third kappa shape index (κ3) is 3.02. The van der Waals surface area contributed by atoms with Gasteiger partial charge >= 0.3 is 0 Å². The number of aryl methyl sites for hydroxylation is 2. The molecule has 0 aliphatic heterocycles. The second kappa shape index (κ2) is 5.95. The molecule has 0 saturated heterocycles. The highest BCUT2D eigenvalue weighted by Crippen LogP contribution is 2.24. The van der Waals surface area contributed by atoms with E-state index in [0.717, 1.165) is 22.2 Å². The normalized spacial score (nSPS) is 11.7. The fourth-order valence-electron chi connectivity index (χ4n) is 2.56. The van der Waals surface area contributed by atoms with E-state index in [9.17, 15) is 4.79 Å². The van der Waals surface area contributed by atoms with E-state index in [1.165, 1.54) is 0 Å². The van der Waals surface area contributed by atoms with Gasteiger partial charge < -0.3 is 4.74 Å². The van der Waals surface area contributed by atoms with Crippen molar-refractivity contribution in [3.05, 3.63) is 58.9 Å². The highest BCUT2D eigenvalue weighted by Gasteiger charge is 2.32. The third-order valence-electron chi connectivity index (χ3n) is 4.08. The Kier molecular flexibility index (Phi) is 4.10. The Morgan fingerprint density at radius 2 is 1.75 bits per heavy atom. The number of benzene rings is 2. The maximum Gasteiger partial charge on any atom is 0.275 e. The van der Waals surface area contributed by atoms with Gasteiger partial charge in [0.2, 0.25) is 0 Å². The lowest BCUT2D eigenvalue weighted by molar-refractivity contribution is 0.0493. The summed E-state index contributed by atoms with van der Waals surface area (Å²) < 4.78 is 7.44. The molecule has 3 rings (SSSR count). The second-order valence-electron chi connectivity index (χ2n) is 6.41. The Bertz CT molecular complexity index is 911. The van der Waals surface area contributed by atoms with Crippen molar-refractivity contribution in [1.82, 2.24) is 9.55 Å². The molecule has 0 aliphatic carbocycles. The van der Waals surface area contributed by atoms with Gasteiger partial charge in [-0.1, -0.05) is 11.6 Å². The van der Waals surface area contributed by atoms with E-state index in [-0.39, 0.29) is 5.91 Å². The van der Waals surface area contributed by atoms with Crippen molar-refractivity contribution in [1.29, 1.82) is 0 Å². The minimum Gasteiger partial charge on any atom is -0.478 e. The van der Waals surface area contributed by atoms with Crippen molar-refractivity contribution in [3.63, 3.8) is 0 Å². The monoisotopic (exact) mass is 342 g/mol. The number of nitrogens with zero attached hydrogens (tertiary/aromatic N) is 2. The summed E-state index contributed by atoms with van der Waals surface area (Å²) in [4.78, 5) is 17.3. The van der Waals surface area contributed by atoms with E-state index in [2.05, 4.69) is 4.98 Å². The minimum atomic E-state index is -1.04. The van der Waals surface area contributed by atoms with Crippen LogP contribution in [0.25, 0.3) is 11.0 Å². The number of aromatic nitrogens is 2. The van der Waals surface area contributed by atoms with Gasteiger partial charge in [-0.15, -0.1) is 0 Å². The maximum atomic E-state index is 13.0. The van der Waals surface area contributed by atoms with E-state index in [0.29, 0.717) is 10.8 Å². The molecule has 0 unspecified atom stereocenters. The molecule has 0 fully saturated rings. The first-order valence-corrected chi connectivity index (χ1v) is 8.09. The number of fused-ring (bicyclic) bond motifs is 1. The SMILES string of the molecule is Cc1cc2ncn(C(=O)C(C)(C)Oc3ccc(Cl)cc3)c2cc1C. The number of carbonyl (C=O) groups excluding carboxylic acids is 1. The molecule has 5 heteroatoms. The number of rotatable bonds is 3. The second-order valence-corrected chi connectivity index (χ2v) is 6.85. The van der Waals surface area contributed by atoms with Gasteiger partial charge in [-0.25, -0.2) is 4.98 Å². The topological polar surface area (TPSA) is 44.1 Å². The van der Waals surface area contributed by atoms with Crippen LogP contribution in [0.3, 0.4) is 0 Å². The molecule has 124 valence electrons. The van der Waals surface area contributed by atoms with Crippen molar-refractivity contribution in [2.24, 2.45) is 0 Å². The first-order valence-electron chi connectivity index (χ1n) is 7.71. The molecule has 0 radical (unpaired) electrons. The van der Waals surface area contributed by atoms with Crippen molar-refractivity contribution in [3.8, 4) is 5.75 Å². The first kappa shape index (κ1) is 16.5. The van der Waals surface area contributed by atoms with Crippen molar-refractivity contribution < 1.29 is 9.53 Å². The summed E-state index contributed by atoms with van der Waals surface area (Å²) in [7, 11) is 0. The van der Waals surface area contributed by atoms with E-state index in [4.69, 9.17) is 16.3 Å². The maximum absolute atomic E-state index is 13.0. The summed E-state index contributed by atoms with van der Waals surface area (Å²) in [6.45, 7) is 7.54. The number of ether oxygens (including phenoxy) is 1. The number of halogens is 1. The Balaban J connectivity index is 1.95. The van der Waals surface area contributed by atoms with Gasteiger partial charge in [-0.2, -0.15) is 0 Å². The summed E-state index contributed by atoms with van der Waals surface area (Å²) in [5.74, 6) is 0.414. The molecule has 0 aliphatic rings. The average molecular weight is 343 g/mol. The van der Waals surface area contributed by atoms with Crippen LogP contribution >= 0.6 is 11.6 Å². The molecule has 0 N–H and O–H groups in total. The van der Waals surface area contributed by atoms with Gasteiger partial charge in [0.05, 0.1) is 11.0 Å². The van der Waals surface area contributed by atoms with Gasteiger partial charge in [-0.3, -0.25) is 9.36 Å². The molecule has 0 bridgehead atoms. The van der Waals surface area contributed by atoms with Gasteiger partial charge in [-0.05, 0) is 75.2 Å². The van der Waals surface area contributed by atoms with Crippen molar-refractivity contribution in [2.75, 3.05) is 0 Å². The molecule has 1 aromatic heterocycles. The van der Waals surface area contributed by atoms with Gasteiger partial charge in [0.1, 0.15) is 12.1 Å². The number of hydrogen-bond donors (Lipinski definition) is 0. The molecule has 24 heavy (non-hydrogen) atoms. The van der Waals surface area contributed by atoms with Crippen LogP contribution in [0, 0.1) is 13.8 Å². The average Bonchev–Trinajstić information content (AvgIpc) is 2.91. The van der Waals surface area contributed by atoms with Crippen LogP contribution in [-0.4, -0.2) is 21.1 Å². The molecule has 2 aromatic carbocycles. The van der Waals surface area contributed by atoms with Crippen LogP contribution in [0.4, 0.5) is 0 Å². The predicted molar refractivity (Wildman–Crippen MR) is 96.0 cm³/mol. The number of carbonyl (C=O) groups is 1. The smallest absolute Gasteiger partial charge is 0.275 e. The van der Waals surface area contributed by atoms with Crippen molar-refractivity contribution in [2.45, 2.75) is 33.3 Å². The third-order valence-corrected chi connectivity index (χ3v) is 4.34. The lowest BCUT2D eigenvalue weighted by Gasteiger charge is -2.25. The highest BCUT2D eigenvalue weighted by atomic mass is 35.5. The lowest BCUT2D eigenvalue weighted by Crippen LogP contribution is -2.41. The molecule has 0 saturated carbocycles. The molecule has 4 nitrogen and oxygen atoms in total. The summed E-state index contributed by atoms with van der Waals surface area (Å²) in [6, 6.07) is 10.9. The number of hydrogen-bond acceptors (Lipinski definition) is 3. The number of imidazole rings is 1. The van der Waals surface area contributed by atoms with E-state index < -0.39 is 5.60 Å². The molecular weight excluding hydrogens is 324 g/mol. The van der Waals surface area contributed by atoms with E-state index >= 15 is 0 Å². The van der Waals surface area contributed by atoms with Gasteiger partial charge in [0, 0.05) is 5.02 Å². The summed E-state index contributed by atoms with van der Waals surface area (Å²) in [6.07, 6.45) is 1.55. The summed E-state index contributed by atoms with van der Waals surface area (Å²) in [5.41, 5.74) is 2.82. The Hall–Kier alpha value is -2.33. The first-order chi connectivity index (χ1) is 11.3. The summed E-state index contributed by atoms with van der Waals surface area (Å²) >= 11 is 5.88. The van der Waals surface area contributed by atoms with Crippen LogP contribution in [0.5, 0.6) is 5.75 Å². The Labute approximate surface area is 146 Å². The summed E-state index contributed by atoms with van der Waals surface area (Å²) in [5, 5.41) is 0.623. The quantitative estimate of drug-likeness (QED) is 0.686. The minimum absolute atomic E-state index is 0.178. The molecule has 1 heterocycles. The lowest BCUT2D eigenvalue weighted by atomic mass is 10.1. The van der Waals surface area contributed by atoms with Crippen LogP contribution in [-0.2, 0) is 0 Å². The molecular formula is C19H19ClN2O2. The molecule has 0 spiro atoms. The van der Waals surface area contributed by atoms with Crippen LogP contribution < -0.4 is 4.74 Å². The van der Waals surface area contributed by atoms with Crippen LogP contribution in [0.1, 0.15) is 29.8 Å². The van der Waals surface area contributed by atoms with Crippen LogP contribution in [0.15, 0.2) is 42.7 Å². The fourth-order valence-corrected chi connectivity index (χ4v) is 2.68. The zero-order valence-corrected chi connectivity index (χ0v) is 14.9. The highest BCUT2D eigenvalue weighted by molar-refractivity contribution is 6.30. The van der Waals surface area contributed by atoms with Crippen LogP contribution in [0.2, 0.25) is 5.02 Å². The Morgan fingerprint density at radius 3 is 2.42 bits per heavy atom. The molecule has 0 atom stereocenters. The van der Waals surface area contributed by atoms with E-state index in [1.807, 2.05) is 26.0 Å². The Morgan fingerprint density at radius 1 is 1.12 bits per heavy atom. The zero-order chi connectivity index (χ0) is 17.5. The van der Waals surface area contributed by atoms with E-state index in [1.54, 1.807) is 49.0 Å². The molecule has 3 aromatic rings. The van der Waals surface area contributed by atoms with Gasteiger partial charge in [0.25, 0.3) is 5.91 Å². The predicted octanol–water partition coefficient (Wildman–Crippen LogP) is 4.80. The largest absolute Gasteiger partial charge is 0.478 e. The zero-order valence-electron chi connectivity index (χ0n) is 14.1. The van der Waals surface area contributed by atoms with Gasteiger partial charge in [0.15, 0.2) is 5.60 Å². The standard InChI is InChI=1S/C19H19ClN2O2/c1-12-9-16-17(10-13(12)2)22(11-21-16)18(23)19(3,4)24-15-7-5-14(20)6-8-15/h5-11H,1-4H3. The fraction of sp³-hybridized carbons (Fsp3) is 0.263. The molecule has 0 amide bonds. The van der Waals surface area contributed by atoms with Crippen molar-refractivity contribution >= 4 is 28.5 Å².